The van der Waals surface area contributed by atoms with Crippen LogP contribution >= 0.6 is 0 Å². The van der Waals surface area contributed by atoms with Gasteiger partial charge in [0.15, 0.2) is 0 Å². The summed E-state index contributed by atoms with van der Waals surface area (Å²) in [5.41, 5.74) is 5.38. The van der Waals surface area contributed by atoms with Gasteiger partial charge in [-0.1, -0.05) is 0 Å². The first-order valence-corrected chi connectivity index (χ1v) is 7.58. The maximum Gasteiger partial charge on any atom is 0.246 e. The predicted molar refractivity (Wildman–Crippen MR) is 66.9 cm³/mol. The Labute approximate surface area is 111 Å². The highest BCUT2D eigenvalue weighted by Gasteiger charge is 2.38. The van der Waals surface area contributed by atoms with Crippen molar-refractivity contribution in [3.8, 4) is 0 Å². The Bertz CT molecular complexity index is 559. The van der Waals surface area contributed by atoms with Crippen molar-refractivity contribution in [2.24, 2.45) is 5.73 Å². The van der Waals surface area contributed by atoms with Gasteiger partial charge in [0.05, 0.1) is 0 Å². The van der Waals surface area contributed by atoms with E-state index in [0.29, 0.717) is 13.0 Å². The molecule has 19 heavy (non-hydrogen) atoms. The first kappa shape index (κ1) is 14.4. The van der Waals surface area contributed by atoms with E-state index in [2.05, 4.69) is 0 Å². The van der Waals surface area contributed by atoms with Gasteiger partial charge in [0.2, 0.25) is 10.0 Å². The molecule has 0 aromatic heterocycles. The molecule has 7 heteroatoms. The van der Waals surface area contributed by atoms with Gasteiger partial charge in [-0.2, -0.15) is 4.31 Å². The van der Waals surface area contributed by atoms with Crippen molar-refractivity contribution in [2.45, 2.75) is 30.2 Å². The third-order valence-corrected chi connectivity index (χ3v) is 4.98. The highest BCUT2D eigenvalue weighted by atomic mass is 32.2. The molecule has 0 saturated heterocycles. The van der Waals surface area contributed by atoms with Gasteiger partial charge in [0, 0.05) is 12.6 Å². The molecule has 0 bridgehead atoms. The van der Waals surface area contributed by atoms with Crippen LogP contribution in [-0.2, 0) is 10.0 Å². The fourth-order valence-corrected chi connectivity index (χ4v) is 3.71. The lowest BCUT2D eigenvalue weighted by Crippen LogP contribution is -2.35. The van der Waals surface area contributed by atoms with Crippen molar-refractivity contribution in [1.82, 2.24) is 4.31 Å². The summed E-state index contributed by atoms with van der Waals surface area (Å²) in [7, 11) is -4.00. The number of sulfonamides is 1. The minimum Gasteiger partial charge on any atom is -0.330 e. The van der Waals surface area contributed by atoms with E-state index in [1.807, 2.05) is 0 Å². The van der Waals surface area contributed by atoms with Crippen LogP contribution in [0, 0.1) is 11.6 Å². The van der Waals surface area contributed by atoms with Gasteiger partial charge >= 0.3 is 0 Å². The fraction of sp³-hybridized carbons (Fsp3) is 0.500. The second-order valence-electron chi connectivity index (χ2n) is 4.56. The zero-order valence-corrected chi connectivity index (χ0v) is 11.2. The second kappa shape index (κ2) is 5.52. The molecule has 0 unspecified atom stereocenters. The normalized spacial score (nSPS) is 16.0. The lowest BCUT2D eigenvalue weighted by Gasteiger charge is -2.21. The third kappa shape index (κ3) is 3.10. The number of rotatable bonds is 6. The number of halogens is 2. The van der Waals surface area contributed by atoms with Crippen molar-refractivity contribution in [3.05, 3.63) is 29.8 Å². The van der Waals surface area contributed by atoms with E-state index in [9.17, 15) is 17.2 Å². The molecule has 1 aliphatic rings. The molecule has 2 rings (SSSR count). The third-order valence-electron chi connectivity index (χ3n) is 3.02. The van der Waals surface area contributed by atoms with Crippen LogP contribution in [0.3, 0.4) is 0 Å². The second-order valence-corrected chi connectivity index (χ2v) is 6.42. The fourth-order valence-electron chi connectivity index (χ4n) is 1.91. The average Bonchev–Trinajstić information content (AvgIpc) is 3.17. The summed E-state index contributed by atoms with van der Waals surface area (Å²) < 4.78 is 52.8. The Kier molecular flexibility index (Phi) is 4.17. The van der Waals surface area contributed by atoms with Crippen LogP contribution < -0.4 is 5.73 Å². The van der Waals surface area contributed by atoms with Crippen LogP contribution in [0.2, 0.25) is 0 Å². The molecular formula is C12H16F2N2O2S. The van der Waals surface area contributed by atoms with Crippen LogP contribution in [0.4, 0.5) is 8.78 Å². The maximum absolute atomic E-state index is 13.6. The summed E-state index contributed by atoms with van der Waals surface area (Å²) in [4.78, 5) is -0.601. The number of nitrogens with zero attached hydrogens (tertiary/aromatic N) is 1. The Hall–Kier alpha value is -1.05. The Balaban J connectivity index is 2.35. The molecule has 0 spiro atoms. The molecule has 1 saturated carbocycles. The zero-order chi connectivity index (χ0) is 14.0. The van der Waals surface area contributed by atoms with Gasteiger partial charge in [0.25, 0.3) is 0 Å². The lowest BCUT2D eigenvalue weighted by atomic mass is 10.3. The molecule has 0 amide bonds. The largest absolute Gasteiger partial charge is 0.330 e. The SMILES string of the molecule is NCCCN(C1CC1)S(=O)(=O)c1cc(F)ccc1F. The first-order chi connectivity index (χ1) is 8.96. The average molecular weight is 290 g/mol. The standard InChI is InChI=1S/C12H16F2N2O2S/c13-9-2-5-11(14)12(8-9)19(17,18)16(7-1-6-15)10-3-4-10/h2,5,8,10H,1,3-4,6-7,15H2. The topological polar surface area (TPSA) is 63.4 Å². The van der Waals surface area contributed by atoms with Crippen molar-refractivity contribution in [1.29, 1.82) is 0 Å². The molecule has 0 atom stereocenters. The Morgan fingerprint density at radius 2 is 2.00 bits per heavy atom. The number of hydrogen-bond donors (Lipinski definition) is 1. The van der Waals surface area contributed by atoms with E-state index in [1.165, 1.54) is 4.31 Å². The van der Waals surface area contributed by atoms with Gasteiger partial charge in [-0.3, -0.25) is 0 Å². The van der Waals surface area contributed by atoms with Crippen molar-refractivity contribution in [2.75, 3.05) is 13.1 Å². The van der Waals surface area contributed by atoms with Gasteiger partial charge in [-0.05, 0) is 44.0 Å². The van der Waals surface area contributed by atoms with E-state index < -0.39 is 26.6 Å². The van der Waals surface area contributed by atoms with Crippen LogP contribution in [0.25, 0.3) is 0 Å². The van der Waals surface area contributed by atoms with Crippen LogP contribution in [0.1, 0.15) is 19.3 Å². The molecule has 2 N–H and O–H groups in total. The number of nitrogens with two attached hydrogens (primary N) is 1. The molecule has 4 nitrogen and oxygen atoms in total. The van der Waals surface area contributed by atoms with Crippen LogP contribution in [0.5, 0.6) is 0 Å². The molecule has 1 aromatic carbocycles. The summed E-state index contributed by atoms with van der Waals surface area (Å²) >= 11 is 0. The van der Waals surface area contributed by atoms with E-state index in [0.717, 1.165) is 31.0 Å². The molecule has 0 heterocycles. The van der Waals surface area contributed by atoms with Crippen LogP contribution in [-0.4, -0.2) is 31.9 Å². The van der Waals surface area contributed by atoms with Gasteiger partial charge < -0.3 is 5.73 Å². The van der Waals surface area contributed by atoms with Gasteiger partial charge in [0.1, 0.15) is 16.5 Å². The van der Waals surface area contributed by atoms with Gasteiger partial charge in [-0.25, -0.2) is 17.2 Å². The minimum absolute atomic E-state index is 0.112. The van der Waals surface area contributed by atoms with Crippen molar-refractivity contribution >= 4 is 10.0 Å². The minimum atomic E-state index is -4.00. The molecule has 1 aliphatic carbocycles. The van der Waals surface area contributed by atoms with Gasteiger partial charge in [-0.15, -0.1) is 0 Å². The molecule has 1 aromatic rings. The summed E-state index contributed by atoms with van der Waals surface area (Å²) in [6.45, 7) is 0.587. The highest BCUT2D eigenvalue weighted by molar-refractivity contribution is 7.89. The number of benzene rings is 1. The van der Waals surface area contributed by atoms with Crippen molar-refractivity contribution in [3.63, 3.8) is 0 Å². The summed E-state index contributed by atoms with van der Waals surface area (Å²) in [6.07, 6.45) is 1.99. The molecule has 0 radical (unpaired) electrons. The quantitative estimate of drug-likeness (QED) is 0.863. The zero-order valence-electron chi connectivity index (χ0n) is 10.4. The van der Waals surface area contributed by atoms with E-state index in [1.54, 1.807) is 0 Å². The molecule has 1 fully saturated rings. The lowest BCUT2D eigenvalue weighted by molar-refractivity contribution is 0.395. The predicted octanol–water partition coefficient (Wildman–Crippen LogP) is 1.47. The first-order valence-electron chi connectivity index (χ1n) is 6.14. The number of hydrogen-bond acceptors (Lipinski definition) is 3. The van der Waals surface area contributed by atoms with Crippen LogP contribution in [0.15, 0.2) is 23.1 Å². The molecule has 106 valence electrons. The van der Waals surface area contributed by atoms with Crippen molar-refractivity contribution < 1.29 is 17.2 Å². The van der Waals surface area contributed by atoms with E-state index in [-0.39, 0.29) is 12.6 Å². The summed E-state index contributed by atoms with van der Waals surface area (Å²) in [5.74, 6) is -1.70. The Morgan fingerprint density at radius 3 is 2.58 bits per heavy atom. The molecular weight excluding hydrogens is 274 g/mol. The highest BCUT2D eigenvalue weighted by Crippen LogP contribution is 2.33. The summed E-state index contributed by atoms with van der Waals surface area (Å²) in [5, 5.41) is 0. The van der Waals surface area contributed by atoms with E-state index in [4.69, 9.17) is 5.73 Å². The smallest absolute Gasteiger partial charge is 0.246 e. The maximum atomic E-state index is 13.6. The Morgan fingerprint density at radius 1 is 1.32 bits per heavy atom. The molecule has 0 aliphatic heterocycles. The van der Waals surface area contributed by atoms with E-state index >= 15 is 0 Å². The summed E-state index contributed by atoms with van der Waals surface area (Å²) in [6, 6.07) is 2.34. The monoisotopic (exact) mass is 290 g/mol.